The molecule has 0 saturated heterocycles. The van der Waals surface area contributed by atoms with Crippen LogP contribution in [0.25, 0.3) is 0 Å². The molecule has 0 aromatic heterocycles. The fourth-order valence-corrected chi connectivity index (χ4v) is 2.14. The van der Waals surface area contributed by atoms with Crippen molar-refractivity contribution in [2.75, 3.05) is 18.9 Å². The Kier molecular flexibility index (Phi) is 4.28. The normalized spacial score (nSPS) is 13.4. The Labute approximate surface area is 96.1 Å². The topological polar surface area (TPSA) is 84.2 Å². The van der Waals surface area contributed by atoms with Gasteiger partial charge in [-0.15, -0.1) is 0 Å². The molecular weight excluding hydrogens is 226 g/mol. The summed E-state index contributed by atoms with van der Waals surface area (Å²) in [7, 11) is -2.04. The van der Waals surface area contributed by atoms with Crippen molar-refractivity contribution >= 4 is 15.7 Å². The number of benzene rings is 1. The molecule has 1 aromatic carbocycles. The summed E-state index contributed by atoms with van der Waals surface area (Å²) in [4.78, 5) is 0.234. The van der Waals surface area contributed by atoms with Gasteiger partial charge in [-0.1, -0.05) is 12.1 Å². The average Bonchev–Trinajstić information content (AvgIpc) is 2.26. The number of nitrogens with two attached hydrogens (primary N) is 1. The summed E-state index contributed by atoms with van der Waals surface area (Å²) in [5, 5.41) is 3.01. The van der Waals surface area contributed by atoms with E-state index in [1.807, 2.05) is 6.92 Å². The van der Waals surface area contributed by atoms with Gasteiger partial charge in [0, 0.05) is 12.6 Å². The number of rotatable bonds is 5. The Morgan fingerprint density at radius 1 is 1.38 bits per heavy atom. The zero-order valence-corrected chi connectivity index (χ0v) is 10.2. The molecule has 0 radical (unpaired) electrons. The van der Waals surface area contributed by atoms with E-state index in [4.69, 9.17) is 5.73 Å². The number of sulfonamides is 1. The third-order valence-electron chi connectivity index (χ3n) is 2.06. The largest absolute Gasteiger partial charge is 0.382 e. The molecule has 0 bridgehead atoms. The van der Waals surface area contributed by atoms with Crippen molar-refractivity contribution in [3.05, 3.63) is 24.3 Å². The maximum Gasteiger partial charge on any atom is 0.242 e. The van der Waals surface area contributed by atoms with Gasteiger partial charge in [-0.3, -0.25) is 0 Å². The minimum Gasteiger partial charge on any atom is -0.382 e. The van der Waals surface area contributed by atoms with E-state index in [-0.39, 0.29) is 10.9 Å². The van der Waals surface area contributed by atoms with Crippen LogP contribution in [0.1, 0.15) is 6.92 Å². The summed E-state index contributed by atoms with van der Waals surface area (Å²) in [6.45, 7) is 2.37. The second-order valence-corrected chi connectivity index (χ2v) is 5.42. The molecule has 1 rings (SSSR count). The molecule has 4 N–H and O–H groups in total. The van der Waals surface area contributed by atoms with Crippen LogP contribution in [0.5, 0.6) is 0 Å². The predicted octanol–water partition coefficient (Wildman–Crippen LogP) is 0.354. The lowest BCUT2D eigenvalue weighted by Crippen LogP contribution is -2.26. The van der Waals surface area contributed by atoms with Gasteiger partial charge in [-0.25, -0.2) is 13.1 Å². The van der Waals surface area contributed by atoms with Crippen molar-refractivity contribution in [1.29, 1.82) is 0 Å². The van der Waals surface area contributed by atoms with Gasteiger partial charge >= 0.3 is 0 Å². The molecule has 16 heavy (non-hydrogen) atoms. The van der Waals surface area contributed by atoms with E-state index in [0.717, 1.165) is 0 Å². The van der Waals surface area contributed by atoms with Crippen LogP contribution in [0.4, 0.5) is 5.69 Å². The molecule has 0 aliphatic carbocycles. The molecule has 0 amide bonds. The molecular formula is C10H17N3O2S. The van der Waals surface area contributed by atoms with Crippen LogP contribution in [-0.2, 0) is 10.0 Å². The van der Waals surface area contributed by atoms with Crippen molar-refractivity contribution in [3.63, 3.8) is 0 Å². The third-order valence-corrected chi connectivity index (χ3v) is 3.53. The summed E-state index contributed by atoms with van der Waals surface area (Å²) >= 11 is 0. The van der Waals surface area contributed by atoms with Crippen molar-refractivity contribution in [2.24, 2.45) is 5.73 Å². The molecule has 0 aliphatic rings. The molecule has 6 heteroatoms. The number of hydrogen-bond donors (Lipinski definition) is 3. The monoisotopic (exact) mass is 243 g/mol. The second kappa shape index (κ2) is 5.29. The van der Waals surface area contributed by atoms with Crippen LogP contribution in [0.3, 0.4) is 0 Å². The van der Waals surface area contributed by atoms with Gasteiger partial charge in [0.2, 0.25) is 10.0 Å². The van der Waals surface area contributed by atoms with Gasteiger partial charge in [0.15, 0.2) is 0 Å². The standard InChI is InChI=1S/C10H17N3O2S/c1-8(11)7-13-9-5-3-4-6-10(9)16(14,15)12-2/h3-6,8,12-13H,7,11H2,1-2H3. The van der Waals surface area contributed by atoms with Gasteiger partial charge in [-0.05, 0) is 26.1 Å². The van der Waals surface area contributed by atoms with Crippen LogP contribution in [0, 0.1) is 0 Å². The highest BCUT2D eigenvalue weighted by Crippen LogP contribution is 2.19. The minimum absolute atomic E-state index is 0.0367. The van der Waals surface area contributed by atoms with Gasteiger partial charge in [0.1, 0.15) is 4.90 Å². The first kappa shape index (κ1) is 13.0. The van der Waals surface area contributed by atoms with Crippen LogP contribution in [-0.4, -0.2) is 28.1 Å². The second-order valence-electron chi connectivity index (χ2n) is 3.56. The van der Waals surface area contributed by atoms with Crippen LogP contribution >= 0.6 is 0 Å². The number of nitrogens with one attached hydrogen (secondary N) is 2. The number of para-hydroxylation sites is 1. The molecule has 0 saturated carbocycles. The highest BCUT2D eigenvalue weighted by atomic mass is 32.2. The Morgan fingerprint density at radius 3 is 2.56 bits per heavy atom. The minimum atomic E-state index is -3.43. The molecule has 0 aliphatic heterocycles. The summed E-state index contributed by atoms with van der Waals surface area (Å²) in [6, 6.07) is 6.69. The molecule has 5 nitrogen and oxygen atoms in total. The van der Waals surface area contributed by atoms with Crippen molar-refractivity contribution < 1.29 is 8.42 Å². The maximum atomic E-state index is 11.7. The van der Waals surface area contributed by atoms with Crippen LogP contribution in [0.15, 0.2) is 29.2 Å². The Morgan fingerprint density at radius 2 is 2.00 bits per heavy atom. The van der Waals surface area contributed by atoms with E-state index < -0.39 is 10.0 Å². The lowest BCUT2D eigenvalue weighted by atomic mass is 10.3. The molecule has 0 spiro atoms. The molecule has 1 aromatic rings. The molecule has 1 atom stereocenters. The Balaban J connectivity index is 3.01. The fourth-order valence-electron chi connectivity index (χ4n) is 1.23. The maximum absolute atomic E-state index is 11.7. The lowest BCUT2D eigenvalue weighted by molar-refractivity contribution is 0.588. The average molecular weight is 243 g/mol. The van der Waals surface area contributed by atoms with Gasteiger partial charge < -0.3 is 11.1 Å². The summed E-state index contributed by atoms with van der Waals surface area (Å²) in [6.07, 6.45) is 0. The quantitative estimate of drug-likeness (QED) is 0.697. The van der Waals surface area contributed by atoms with E-state index in [1.165, 1.54) is 7.05 Å². The highest BCUT2D eigenvalue weighted by molar-refractivity contribution is 7.89. The van der Waals surface area contributed by atoms with E-state index in [9.17, 15) is 8.42 Å². The van der Waals surface area contributed by atoms with Crippen LogP contribution < -0.4 is 15.8 Å². The van der Waals surface area contributed by atoms with Crippen molar-refractivity contribution in [1.82, 2.24) is 4.72 Å². The first-order chi connectivity index (χ1) is 7.47. The number of hydrogen-bond acceptors (Lipinski definition) is 4. The van der Waals surface area contributed by atoms with Gasteiger partial charge in [-0.2, -0.15) is 0 Å². The third kappa shape index (κ3) is 3.19. The first-order valence-electron chi connectivity index (χ1n) is 4.99. The smallest absolute Gasteiger partial charge is 0.242 e. The molecule has 1 unspecified atom stereocenters. The number of anilines is 1. The molecule has 0 heterocycles. The lowest BCUT2D eigenvalue weighted by Gasteiger charge is -2.13. The van der Waals surface area contributed by atoms with Crippen LogP contribution in [0.2, 0.25) is 0 Å². The molecule has 90 valence electrons. The zero-order chi connectivity index (χ0) is 12.2. The van der Waals surface area contributed by atoms with Crippen molar-refractivity contribution in [2.45, 2.75) is 17.9 Å². The van der Waals surface area contributed by atoms with E-state index >= 15 is 0 Å². The predicted molar refractivity (Wildman–Crippen MR) is 64.8 cm³/mol. The fraction of sp³-hybridized carbons (Fsp3) is 0.400. The molecule has 0 fully saturated rings. The zero-order valence-electron chi connectivity index (χ0n) is 9.40. The Bertz CT molecular complexity index is 443. The van der Waals surface area contributed by atoms with E-state index in [1.54, 1.807) is 24.3 Å². The van der Waals surface area contributed by atoms with Gasteiger partial charge in [0.05, 0.1) is 5.69 Å². The van der Waals surface area contributed by atoms with Gasteiger partial charge in [0.25, 0.3) is 0 Å². The SMILES string of the molecule is CNS(=O)(=O)c1ccccc1NCC(C)N. The van der Waals surface area contributed by atoms with E-state index in [2.05, 4.69) is 10.0 Å². The summed E-state index contributed by atoms with van der Waals surface area (Å²) < 4.78 is 25.7. The van der Waals surface area contributed by atoms with E-state index in [0.29, 0.717) is 12.2 Å². The highest BCUT2D eigenvalue weighted by Gasteiger charge is 2.15. The first-order valence-corrected chi connectivity index (χ1v) is 6.47. The van der Waals surface area contributed by atoms with Crippen molar-refractivity contribution in [3.8, 4) is 0 Å². The Hall–Kier alpha value is -1.11. The summed E-state index contributed by atoms with van der Waals surface area (Å²) in [5.74, 6) is 0. The summed E-state index contributed by atoms with van der Waals surface area (Å²) in [5.41, 5.74) is 6.17.